The predicted molar refractivity (Wildman–Crippen MR) is 161 cm³/mol. The fourth-order valence-electron chi connectivity index (χ4n) is 5.16. The molecule has 1 saturated heterocycles. The number of benzene rings is 2. The van der Waals surface area contributed by atoms with Crippen molar-refractivity contribution in [3.63, 3.8) is 0 Å². The van der Waals surface area contributed by atoms with Crippen molar-refractivity contribution in [2.24, 2.45) is 0 Å². The molecule has 2 aromatic carbocycles. The van der Waals surface area contributed by atoms with Gasteiger partial charge in [0.15, 0.2) is 11.6 Å². The summed E-state index contributed by atoms with van der Waals surface area (Å²) in [4.78, 5) is 33.4. The van der Waals surface area contributed by atoms with E-state index >= 15 is 4.39 Å². The Hall–Kier alpha value is -5.15. The normalized spacial score (nSPS) is 13.8. The molecule has 5 aromatic rings. The first kappa shape index (κ1) is 28.0. The summed E-state index contributed by atoms with van der Waals surface area (Å²) >= 11 is 1.23. The van der Waals surface area contributed by atoms with Gasteiger partial charge in [0.1, 0.15) is 27.4 Å². The molecule has 4 heterocycles. The Balaban J connectivity index is 1.40. The van der Waals surface area contributed by atoms with E-state index in [1.165, 1.54) is 30.5 Å². The maximum atomic E-state index is 16.5. The number of amides is 1. The van der Waals surface area contributed by atoms with Gasteiger partial charge in [0.25, 0.3) is 5.91 Å². The number of methoxy groups -OCH3 is 2. The average molecular weight is 599 g/mol. The Morgan fingerprint density at radius 3 is 2.49 bits per heavy atom. The molecule has 0 unspecified atom stereocenters. The Bertz CT molecular complexity index is 1930. The molecule has 216 valence electrons. The van der Waals surface area contributed by atoms with Gasteiger partial charge >= 0.3 is 6.01 Å². The number of rotatable bonds is 6. The van der Waals surface area contributed by atoms with E-state index in [9.17, 15) is 9.18 Å². The maximum absolute atomic E-state index is 16.5. The average Bonchev–Trinajstić information content (AvgIpc) is 3.56. The molecule has 0 spiro atoms. The van der Waals surface area contributed by atoms with E-state index in [1.54, 1.807) is 29.8 Å². The summed E-state index contributed by atoms with van der Waals surface area (Å²) in [5.74, 6) is 0.795. The van der Waals surface area contributed by atoms with E-state index in [2.05, 4.69) is 25.9 Å². The third-order valence-corrected chi connectivity index (χ3v) is 7.90. The molecule has 43 heavy (non-hydrogen) atoms. The smallest absolute Gasteiger partial charge is 0.318 e. The number of terminal acetylenes is 1. The second-order valence-corrected chi connectivity index (χ2v) is 10.5. The summed E-state index contributed by atoms with van der Waals surface area (Å²) in [6.45, 7) is 0.972. The second kappa shape index (κ2) is 11.6. The van der Waals surface area contributed by atoms with Crippen LogP contribution in [-0.2, 0) is 4.79 Å². The highest BCUT2D eigenvalue weighted by molar-refractivity contribution is 7.10. The molecule has 0 saturated carbocycles. The van der Waals surface area contributed by atoms with Gasteiger partial charge in [-0.15, -0.1) is 17.8 Å². The predicted octanol–water partition coefficient (Wildman–Crippen LogP) is 5.10. The monoisotopic (exact) mass is 598 g/mol. The number of carbonyl (C=O) groups is 1. The molecule has 0 radical (unpaired) electrons. The second-order valence-electron chi connectivity index (χ2n) is 9.54. The molecule has 0 N–H and O–H groups in total. The minimum atomic E-state index is -0.889. The Morgan fingerprint density at radius 1 is 1.05 bits per heavy atom. The summed E-state index contributed by atoms with van der Waals surface area (Å²) in [5.41, 5.74) is 1.06. The van der Waals surface area contributed by atoms with Crippen LogP contribution in [0.4, 0.5) is 14.6 Å². The molecule has 12 heteroatoms. The molecule has 9 nitrogen and oxygen atoms in total. The van der Waals surface area contributed by atoms with E-state index in [0.717, 1.165) is 11.5 Å². The largest absolute Gasteiger partial charge is 0.480 e. The molecule has 1 aliphatic rings. The van der Waals surface area contributed by atoms with Crippen LogP contribution in [0.5, 0.6) is 11.9 Å². The molecule has 0 bridgehead atoms. The first-order chi connectivity index (χ1) is 20.9. The van der Waals surface area contributed by atoms with Crippen LogP contribution in [0.3, 0.4) is 0 Å². The van der Waals surface area contributed by atoms with Crippen molar-refractivity contribution in [3.8, 4) is 35.5 Å². The van der Waals surface area contributed by atoms with E-state index in [4.69, 9.17) is 15.9 Å². The van der Waals surface area contributed by atoms with Crippen molar-refractivity contribution in [3.05, 3.63) is 70.2 Å². The van der Waals surface area contributed by atoms with Gasteiger partial charge in [0.2, 0.25) is 5.88 Å². The zero-order chi connectivity index (χ0) is 30.1. The van der Waals surface area contributed by atoms with Crippen LogP contribution in [0.15, 0.2) is 53.8 Å². The SMILES string of the molecule is C#Cc1cccc2cccc(-c3nc(OC)c4c(N5CCN(C(=O)/C(F)=C/c6nccs6)CC5)nc(OC)nc4c3F)c12. The molecular weight excluding hydrogens is 574 g/mol. The Labute approximate surface area is 249 Å². The Kier molecular flexibility index (Phi) is 7.56. The van der Waals surface area contributed by atoms with Crippen LogP contribution in [0.2, 0.25) is 0 Å². The van der Waals surface area contributed by atoms with Gasteiger partial charge in [0, 0.05) is 60.3 Å². The summed E-state index contributed by atoms with van der Waals surface area (Å²) in [6, 6.07) is 10.9. The maximum Gasteiger partial charge on any atom is 0.318 e. The van der Waals surface area contributed by atoms with Crippen LogP contribution in [0, 0.1) is 18.2 Å². The number of carbonyl (C=O) groups excluding carboxylic acids is 1. The molecular formula is C31H24F2N6O3S. The molecule has 0 aliphatic carbocycles. The molecule has 6 rings (SSSR count). The van der Waals surface area contributed by atoms with Crippen molar-refractivity contribution in [2.45, 2.75) is 0 Å². The zero-order valence-corrected chi connectivity index (χ0v) is 24.0. The number of hydrogen-bond donors (Lipinski definition) is 0. The lowest BCUT2D eigenvalue weighted by Gasteiger charge is -2.35. The van der Waals surface area contributed by atoms with Crippen molar-refractivity contribution in [1.82, 2.24) is 24.8 Å². The number of nitrogens with zero attached hydrogens (tertiary/aromatic N) is 6. The highest BCUT2D eigenvalue weighted by Crippen LogP contribution is 2.40. The van der Waals surface area contributed by atoms with Gasteiger partial charge in [0.05, 0.1) is 14.2 Å². The van der Waals surface area contributed by atoms with Gasteiger partial charge in [-0.25, -0.2) is 18.7 Å². The summed E-state index contributed by atoms with van der Waals surface area (Å²) in [6.07, 6.45) is 8.45. The number of ether oxygens (including phenoxy) is 2. The fourth-order valence-corrected chi connectivity index (χ4v) is 5.71. The van der Waals surface area contributed by atoms with Crippen molar-refractivity contribution in [1.29, 1.82) is 0 Å². The first-order valence-electron chi connectivity index (χ1n) is 13.2. The summed E-state index contributed by atoms with van der Waals surface area (Å²) < 4.78 is 42.1. The molecule has 0 atom stereocenters. The lowest BCUT2D eigenvalue weighted by atomic mass is 9.96. The van der Waals surface area contributed by atoms with Gasteiger partial charge in [-0.2, -0.15) is 9.97 Å². The van der Waals surface area contributed by atoms with Crippen molar-refractivity contribution in [2.75, 3.05) is 45.3 Å². The number of thiazole rings is 1. The first-order valence-corrected chi connectivity index (χ1v) is 14.1. The highest BCUT2D eigenvalue weighted by atomic mass is 32.1. The van der Waals surface area contributed by atoms with Crippen LogP contribution in [0.25, 0.3) is 39.0 Å². The van der Waals surface area contributed by atoms with Gasteiger partial charge < -0.3 is 19.3 Å². The van der Waals surface area contributed by atoms with Gasteiger partial charge in [-0.1, -0.05) is 36.3 Å². The van der Waals surface area contributed by atoms with Crippen molar-refractivity contribution >= 4 is 50.8 Å². The third kappa shape index (κ3) is 5.08. The number of piperazine rings is 1. The molecule has 1 amide bonds. The van der Waals surface area contributed by atoms with Crippen LogP contribution in [0.1, 0.15) is 10.6 Å². The number of halogens is 2. The highest BCUT2D eigenvalue weighted by Gasteiger charge is 2.30. The van der Waals surface area contributed by atoms with Gasteiger partial charge in [-0.05, 0) is 11.5 Å². The summed E-state index contributed by atoms with van der Waals surface area (Å²) in [7, 11) is 2.82. The minimum absolute atomic E-state index is 0.0160. The topological polar surface area (TPSA) is 93.6 Å². The lowest BCUT2D eigenvalue weighted by molar-refractivity contribution is -0.128. The standard InChI is InChI=1S/C31H24F2N6O3S/c1-4-18-7-5-8-19-9-6-10-20(23(18)19)26-25(33)27-24(29(35-26)41-2)28(37-31(36-27)42-3)38-12-14-39(15-13-38)30(40)21(32)17-22-34-11-16-43-22/h1,5-11,16-17H,12-15H2,2-3H3/b21-17-. The quantitative estimate of drug-likeness (QED) is 0.197. The van der Waals surface area contributed by atoms with E-state index in [0.29, 0.717) is 27.3 Å². The van der Waals surface area contributed by atoms with Crippen LogP contribution < -0.4 is 14.4 Å². The third-order valence-electron chi connectivity index (χ3n) is 7.18. The van der Waals surface area contributed by atoms with E-state index in [-0.39, 0.29) is 54.7 Å². The van der Waals surface area contributed by atoms with Crippen LogP contribution in [-0.4, -0.2) is 71.1 Å². The molecule has 1 fully saturated rings. The summed E-state index contributed by atoms with van der Waals surface area (Å²) in [5, 5.41) is 3.87. The number of anilines is 1. The van der Waals surface area contributed by atoms with Crippen molar-refractivity contribution < 1.29 is 23.0 Å². The van der Waals surface area contributed by atoms with Gasteiger partial charge in [-0.3, -0.25) is 4.79 Å². The number of pyridine rings is 1. The Morgan fingerprint density at radius 2 is 1.81 bits per heavy atom. The minimum Gasteiger partial charge on any atom is -0.480 e. The number of hydrogen-bond acceptors (Lipinski definition) is 9. The van der Waals surface area contributed by atoms with E-state index in [1.807, 2.05) is 23.1 Å². The van der Waals surface area contributed by atoms with Crippen LogP contribution >= 0.6 is 11.3 Å². The zero-order valence-electron chi connectivity index (χ0n) is 23.2. The fraction of sp³-hybridized carbons (Fsp3) is 0.194. The number of aromatic nitrogens is 4. The number of fused-ring (bicyclic) bond motifs is 2. The lowest BCUT2D eigenvalue weighted by Crippen LogP contribution is -2.49. The van der Waals surface area contributed by atoms with E-state index < -0.39 is 17.6 Å². The molecule has 1 aliphatic heterocycles. The molecule has 3 aromatic heterocycles.